The molecule has 10 heteroatoms. The highest BCUT2D eigenvalue weighted by atomic mass is 16.7. The van der Waals surface area contributed by atoms with E-state index < -0.39 is 5.97 Å². The molecule has 0 aliphatic heterocycles. The lowest BCUT2D eigenvalue weighted by Gasteiger charge is -2.28. The lowest BCUT2D eigenvalue weighted by molar-refractivity contribution is -0.138. The first-order valence-corrected chi connectivity index (χ1v) is 11.1. The molecular formula is C25H35N3O7. The molecule has 0 radical (unpaired) electrons. The van der Waals surface area contributed by atoms with Gasteiger partial charge in [-0.15, -0.1) is 0 Å². The van der Waals surface area contributed by atoms with Crippen molar-refractivity contribution in [1.82, 2.24) is 14.7 Å². The summed E-state index contributed by atoms with van der Waals surface area (Å²) in [5, 5.41) is 9.38. The summed E-state index contributed by atoms with van der Waals surface area (Å²) >= 11 is 0. The first-order valence-electron chi connectivity index (χ1n) is 11.1. The van der Waals surface area contributed by atoms with Crippen LogP contribution in [-0.4, -0.2) is 93.3 Å². The molecule has 0 heterocycles. The number of carbonyl (C=O) groups is 2. The molecule has 0 saturated carbocycles. The molecule has 2 aromatic carbocycles. The van der Waals surface area contributed by atoms with Gasteiger partial charge in [-0.1, -0.05) is 36.4 Å². The van der Waals surface area contributed by atoms with Crippen molar-refractivity contribution in [3.05, 3.63) is 59.7 Å². The minimum absolute atomic E-state index is 0.0964. The molecule has 2 aromatic rings. The Morgan fingerprint density at radius 3 is 1.80 bits per heavy atom. The summed E-state index contributed by atoms with van der Waals surface area (Å²) in [5.41, 5.74) is 1.69. The second-order valence-electron chi connectivity index (χ2n) is 7.98. The standard InChI is InChI=1S/C25H35N3O7/c1-26(25(31)27(2)15-20-9-5-7-11-22(20)34-18-32-3)13-14-28(17-24(29)30)16-21-10-6-8-12-23(21)35-19-33-4/h5-12H,13-19H2,1-4H3,(H,29,30). The number of hydrogen-bond acceptors (Lipinski definition) is 7. The van der Waals surface area contributed by atoms with E-state index in [2.05, 4.69) is 0 Å². The number of hydrogen-bond donors (Lipinski definition) is 1. The maximum Gasteiger partial charge on any atom is 0.319 e. The number of urea groups is 1. The van der Waals surface area contributed by atoms with Gasteiger partial charge in [0.2, 0.25) is 0 Å². The lowest BCUT2D eigenvalue weighted by atomic mass is 10.2. The molecule has 0 fully saturated rings. The Morgan fingerprint density at radius 1 is 0.771 bits per heavy atom. The molecule has 10 nitrogen and oxygen atoms in total. The normalized spacial score (nSPS) is 10.8. The fourth-order valence-electron chi connectivity index (χ4n) is 3.44. The predicted molar refractivity (Wildman–Crippen MR) is 130 cm³/mol. The molecule has 0 aliphatic carbocycles. The van der Waals surface area contributed by atoms with Crippen LogP contribution in [0.15, 0.2) is 48.5 Å². The molecule has 0 bridgehead atoms. The van der Waals surface area contributed by atoms with E-state index >= 15 is 0 Å². The summed E-state index contributed by atoms with van der Waals surface area (Å²) in [5.74, 6) is 0.334. The van der Waals surface area contributed by atoms with Gasteiger partial charge in [-0.3, -0.25) is 9.69 Å². The third-order valence-corrected chi connectivity index (χ3v) is 5.17. The van der Waals surface area contributed by atoms with E-state index in [1.165, 1.54) is 7.11 Å². The number of amides is 2. The number of carboxylic acid groups (broad SMARTS) is 1. The Labute approximate surface area is 206 Å². The first kappa shape index (κ1) is 27.9. The number of nitrogens with zero attached hydrogens (tertiary/aromatic N) is 3. The van der Waals surface area contributed by atoms with Crippen molar-refractivity contribution in [2.45, 2.75) is 13.1 Å². The van der Waals surface area contributed by atoms with E-state index in [0.29, 0.717) is 37.7 Å². The van der Waals surface area contributed by atoms with Gasteiger partial charge in [0.25, 0.3) is 0 Å². The number of para-hydroxylation sites is 2. The Hall–Kier alpha value is -3.34. The van der Waals surface area contributed by atoms with Crippen molar-refractivity contribution in [2.24, 2.45) is 0 Å². The van der Waals surface area contributed by atoms with E-state index in [1.807, 2.05) is 48.5 Å². The quantitative estimate of drug-likeness (QED) is 0.381. The third kappa shape index (κ3) is 9.44. The van der Waals surface area contributed by atoms with Crippen molar-refractivity contribution in [3.8, 4) is 11.5 Å². The zero-order valence-corrected chi connectivity index (χ0v) is 20.8. The molecular weight excluding hydrogens is 454 g/mol. The van der Waals surface area contributed by atoms with Crippen LogP contribution in [0.2, 0.25) is 0 Å². The Morgan fingerprint density at radius 2 is 1.29 bits per heavy atom. The van der Waals surface area contributed by atoms with Crippen LogP contribution in [-0.2, 0) is 27.4 Å². The minimum Gasteiger partial charge on any atom is -0.480 e. The third-order valence-electron chi connectivity index (χ3n) is 5.17. The van der Waals surface area contributed by atoms with Crippen LogP contribution in [0.1, 0.15) is 11.1 Å². The van der Waals surface area contributed by atoms with Gasteiger partial charge < -0.3 is 33.9 Å². The summed E-state index contributed by atoms with van der Waals surface area (Å²) in [7, 11) is 6.49. The highest BCUT2D eigenvalue weighted by molar-refractivity contribution is 5.74. The van der Waals surface area contributed by atoms with Gasteiger partial charge in [-0.2, -0.15) is 0 Å². The van der Waals surface area contributed by atoms with E-state index in [0.717, 1.165) is 11.1 Å². The maximum absolute atomic E-state index is 13.0. The summed E-state index contributed by atoms with van der Waals surface area (Å²) in [6.45, 7) is 1.47. The van der Waals surface area contributed by atoms with Crippen molar-refractivity contribution in [3.63, 3.8) is 0 Å². The van der Waals surface area contributed by atoms with E-state index in [9.17, 15) is 14.7 Å². The molecule has 0 aliphatic rings. The average Bonchev–Trinajstić information content (AvgIpc) is 2.85. The van der Waals surface area contributed by atoms with Crippen molar-refractivity contribution in [1.29, 1.82) is 0 Å². The van der Waals surface area contributed by atoms with Gasteiger partial charge in [-0.25, -0.2) is 4.79 Å². The fourth-order valence-corrected chi connectivity index (χ4v) is 3.44. The number of likely N-dealkylation sites (N-methyl/N-ethyl adjacent to an activating group) is 1. The number of rotatable bonds is 15. The molecule has 0 saturated heterocycles. The van der Waals surface area contributed by atoms with Crippen LogP contribution in [0.25, 0.3) is 0 Å². The SMILES string of the molecule is COCOc1ccccc1CN(CCN(C)C(=O)N(C)Cc1ccccc1OCOC)CC(=O)O. The van der Waals surface area contributed by atoms with Gasteiger partial charge >= 0.3 is 12.0 Å². The molecule has 2 rings (SSSR count). The van der Waals surface area contributed by atoms with Gasteiger partial charge in [0.1, 0.15) is 11.5 Å². The molecule has 35 heavy (non-hydrogen) atoms. The zero-order valence-electron chi connectivity index (χ0n) is 20.8. The largest absolute Gasteiger partial charge is 0.480 e. The zero-order chi connectivity index (χ0) is 25.6. The first-order chi connectivity index (χ1) is 16.8. The molecule has 0 unspecified atom stereocenters. The monoisotopic (exact) mass is 489 g/mol. The molecule has 1 N–H and O–H groups in total. The maximum atomic E-state index is 13.0. The number of carboxylic acids is 1. The number of carbonyl (C=O) groups excluding carboxylic acids is 1. The summed E-state index contributed by atoms with van der Waals surface area (Å²) < 4.78 is 21.1. The molecule has 0 aromatic heterocycles. The van der Waals surface area contributed by atoms with Crippen LogP contribution in [0.5, 0.6) is 11.5 Å². The fraction of sp³-hybridized carbons (Fsp3) is 0.440. The number of ether oxygens (including phenoxy) is 4. The topological polar surface area (TPSA) is 101 Å². The average molecular weight is 490 g/mol. The van der Waals surface area contributed by atoms with Gasteiger partial charge in [-0.05, 0) is 12.1 Å². The Balaban J connectivity index is 1.99. The van der Waals surface area contributed by atoms with Crippen molar-refractivity contribution >= 4 is 12.0 Å². The highest BCUT2D eigenvalue weighted by Crippen LogP contribution is 2.21. The molecule has 0 atom stereocenters. The van der Waals surface area contributed by atoms with Crippen LogP contribution in [0.4, 0.5) is 4.79 Å². The smallest absolute Gasteiger partial charge is 0.319 e. The van der Waals surface area contributed by atoms with Crippen LogP contribution in [0, 0.1) is 0 Å². The Kier molecular flexibility index (Phi) is 11.8. The summed E-state index contributed by atoms with van der Waals surface area (Å²) in [6.07, 6.45) is 0. The minimum atomic E-state index is -0.945. The van der Waals surface area contributed by atoms with Gasteiger partial charge in [0.15, 0.2) is 13.6 Å². The lowest BCUT2D eigenvalue weighted by Crippen LogP contribution is -2.43. The second kappa shape index (κ2) is 14.8. The highest BCUT2D eigenvalue weighted by Gasteiger charge is 2.19. The van der Waals surface area contributed by atoms with E-state index in [1.54, 1.807) is 35.9 Å². The van der Waals surface area contributed by atoms with Crippen molar-refractivity contribution < 1.29 is 33.6 Å². The number of aliphatic carboxylic acids is 1. The predicted octanol–water partition coefficient (Wildman–Crippen LogP) is 2.72. The Bertz CT molecular complexity index is 941. The summed E-state index contributed by atoms with van der Waals surface area (Å²) in [6, 6.07) is 14.7. The molecule has 0 spiro atoms. The van der Waals surface area contributed by atoms with Crippen LogP contribution < -0.4 is 9.47 Å². The number of benzene rings is 2. The van der Waals surface area contributed by atoms with Gasteiger partial charge in [0.05, 0.1) is 13.1 Å². The van der Waals surface area contributed by atoms with Crippen LogP contribution >= 0.6 is 0 Å². The van der Waals surface area contributed by atoms with Gasteiger partial charge in [0, 0.05) is 59.1 Å². The van der Waals surface area contributed by atoms with E-state index in [-0.39, 0.29) is 26.2 Å². The molecule has 2 amide bonds. The number of methoxy groups -OCH3 is 2. The summed E-state index contributed by atoms with van der Waals surface area (Å²) in [4.78, 5) is 29.3. The van der Waals surface area contributed by atoms with Crippen molar-refractivity contribution in [2.75, 3.05) is 61.5 Å². The van der Waals surface area contributed by atoms with E-state index in [4.69, 9.17) is 18.9 Å². The van der Waals surface area contributed by atoms with Crippen LogP contribution in [0.3, 0.4) is 0 Å². The second-order valence-corrected chi connectivity index (χ2v) is 7.98. The molecule has 192 valence electrons.